The molecule has 1 rings (SSSR count). The second-order valence-corrected chi connectivity index (χ2v) is 5.09. The zero-order valence-electron chi connectivity index (χ0n) is 14.9. The molecule has 0 radical (unpaired) electrons. The van der Waals surface area contributed by atoms with Crippen LogP contribution in [0.2, 0.25) is 0 Å². The van der Waals surface area contributed by atoms with Crippen LogP contribution in [-0.4, -0.2) is 40.9 Å². The van der Waals surface area contributed by atoms with Crippen molar-refractivity contribution in [1.82, 2.24) is 10.6 Å². The van der Waals surface area contributed by atoms with Crippen molar-refractivity contribution in [3.05, 3.63) is 17.7 Å². The molecule has 0 fully saturated rings. The fourth-order valence-electron chi connectivity index (χ4n) is 2.23. The lowest BCUT2D eigenvalue weighted by Crippen LogP contribution is -2.37. The van der Waals surface area contributed by atoms with E-state index in [0.29, 0.717) is 23.8 Å². The molecule has 6 heteroatoms. The molecule has 0 saturated heterocycles. The molecule has 0 heterocycles. The topological polar surface area (TPSA) is 64.1 Å². The standard InChI is InChI=1S/C17H29N3O3/c1-6-7-8-9-19-17(18-2)20-12-13-10-14(21-3)16(23-5)15(11-13)22-4/h10-11H,6-9,12H2,1-5H3,(H2,18,19,20). The largest absolute Gasteiger partial charge is 0.493 e. The predicted molar refractivity (Wildman–Crippen MR) is 93.8 cm³/mol. The summed E-state index contributed by atoms with van der Waals surface area (Å²) in [6.07, 6.45) is 3.57. The van der Waals surface area contributed by atoms with Crippen LogP contribution in [0.25, 0.3) is 0 Å². The number of hydrogen-bond acceptors (Lipinski definition) is 4. The fraction of sp³-hybridized carbons (Fsp3) is 0.588. The van der Waals surface area contributed by atoms with Crippen molar-refractivity contribution in [1.29, 1.82) is 0 Å². The number of nitrogens with one attached hydrogen (secondary N) is 2. The van der Waals surface area contributed by atoms with Crippen molar-refractivity contribution >= 4 is 5.96 Å². The Bertz CT molecular complexity index is 479. The van der Waals surface area contributed by atoms with Crippen LogP contribution in [0.1, 0.15) is 31.7 Å². The summed E-state index contributed by atoms with van der Waals surface area (Å²) in [5.41, 5.74) is 1.02. The first-order valence-electron chi connectivity index (χ1n) is 7.93. The molecular formula is C17H29N3O3. The summed E-state index contributed by atoms with van der Waals surface area (Å²) >= 11 is 0. The Morgan fingerprint density at radius 3 is 2.13 bits per heavy atom. The van der Waals surface area contributed by atoms with Crippen LogP contribution in [-0.2, 0) is 6.54 Å². The maximum Gasteiger partial charge on any atom is 0.203 e. The molecule has 0 amide bonds. The zero-order chi connectivity index (χ0) is 17.1. The number of guanidine groups is 1. The van der Waals surface area contributed by atoms with Crippen molar-refractivity contribution in [3.63, 3.8) is 0 Å². The highest BCUT2D eigenvalue weighted by Gasteiger charge is 2.13. The fourth-order valence-corrected chi connectivity index (χ4v) is 2.23. The molecule has 0 unspecified atom stereocenters. The monoisotopic (exact) mass is 323 g/mol. The second kappa shape index (κ2) is 10.6. The first kappa shape index (κ1) is 18.9. The molecule has 130 valence electrons. The second-order valence-electron chi connectivity index (χ2n) is 5.09. The Labute approximate surface area is 139 Å². The van der Waals surface area contributed by atoms with Gasteiger partial charge in [0.1, 0.15) is 0 Å². The normalized spacial score (nSPS) is 11.1. The Balaban J connectivity index is 2.69. The van der Waals surface area contributed by atoms with E-state index < -0.39 is 0 Å². The maximum atomic E-state index is 5.37. The molecular weight excluding hydrogens is 294 g/mol. The van der Waals surface area contributed by atoms with Gasteiger partial charge in [0.05, 0.1) is 21.3 Å². The maximum absolute atomic E-state index is 5.37. The summed E-state index contributed by atoms with van der Waals surface area (Å²) in [5.74, 6) is 2.68. The molecule has 0 spiro atoms. The van der Waals surface area contributed by atoms with Gasteiger partial charge in [0, 0.05) is 20.1 Å². The van der Waals surface area contributed by atoms with E-state index in [2.05, 4.69) is 22.5 Å². The number of unbranched alkanes of at least 4 members (excludes halogenated alkanes) is 2. The van der Waals surface area contributed by atoms with Crippen molar-refractivity contribution in [2.75, 3.05) is 34.9 Å². The first-order chi connectivity index (χ1) is 11.2. The van der Waals surface area contributed by atoms with E-state index in [1.807, 2.05) is 12.1 Å². The van der Waals surface area contributed by atoms with Crippen LogP contribution in [0.15, 0.2) is 17.1 Å². The summed E-state index contributed by atoms with van der Waals surface area (Å²) in [7, 11) is 6.59. The lowest BCUT2D eigenvalue weighted by Gasteiger charge is -2.16. The number of methoxy groups -OCH3 is 3. The Hall–Kier alpha value is -2.11. The highest BCUT2D eigenvalue weighted by Crippen LogP contribution is 2.38. The van der Waals surface area contributed by atoms with Gasteiger partial charge in [-0.3, -0.25) is 4.99 Å². The summed E-state index contributed by atoms with van der Waals surface area (Å²) in [6.45, 7) is 3.73. The van der Waals surface area contributed by atoms with Crippen molar-refractivity contribution < 1.29 is 14.2 Å². The van der Waals surface area contributed by atoms with E-state index in [9.17, 15) is 0 Å². The molecule has 0 aromatic heterocycles. The third-order valence-electron chi connectivity index (χ3n) is 3.48. The molecule has 0 aliphatic carbocycles. The van der Waals surface area contributed by atoms with Crippen LogP contribution in [0.4, 0.5) is 0 Å². The molecule has 0 bridgehead atoms. The number of rotatable bonds is 9. The Morgan fingerprint density at radius 1 is 1.00 bits per heavy atom. The first-order valence-corrected chi connectivity index (χ1v) is 7.93. The minimum absolute atomic E-state index is 0.598. The Kier molecular flexibility index (Phi) is 8.72. The smallest absolute Gasteiger partial charge is 0.203 e. The van der Waals surface area contributed by atoms with Gasteiger partial charge in [-0.05, 0) is 24.1 Å². The zero-order valence-corrected chi connectivity index (χ0v) is 14.9. The highest BCUT2D eigenvalue weighted by molar-refractivity contribution is 5.79. The molecule has 0 aliphatic rings. The van der Waals surface area contributed by atoms with Gasteiger partial charge in [-0.2, -0.15) is 0 Å². The number of nitrogens with zero attached hydrogens (tertiary/aromatic N) is 1. The van der Waals surface area contributed by atoms with Gasteiger partial charge in [-0.25, -0.2) is 0 Å². The molecule has 23 heavy (non-hydrogen) atoms. The SMILES string of the molecule is CCCCCNC(=NC)NCc1cc(OC)c(OC)c(OC)c1. The quantitative estimate of drug-likeness (QED) is 0.415. The molecule has 1 aromatic carbocycles. The van der Waals surface area contributed by atoms with Crippen LogP contribution in [0, 0.1) is 0 Å². The van der Waals surface area contributed by atoms with E-state index in [-0.39, 0.29) is 0 Å². The van der Waals surface area contributed by atoms with E-state index in [4.69, 9.17) is 14.2 Å². The summed E-state index contributed by atoms with van der Waals surface area (Å²) in [4.78, 5) is 4.23. The van der Waals surface area contributed by atoms with Crippen molar-refractivity contribution in [2.45, 2.75) is 32.7 Å². The van der Waals surface area contributed by atoms with Crippen LogP contribution in [0.3, 0.4) is 0 Å². The van der Waals surface area contributed by atoms with Crippen LogP contribution >= 0.6 is 0 Å². The van der Waals surface area contributed by atoms with Gasteiger partial charge in [0.15, 0.2) is 17.5 Å². The van der Waals surface area contributed by atoms with E-state index in [1.165, 1.54) is 12.8 Å². The van der Waals surface area contributed by atoms with Gasteiger partial charge >= 0.3 is 0 Å². The minimum Gasteiger partial charge on any atom is -0.493 e. The van der Waals surface area contributed by atoms with E-state index >= 15 is 0 Å². The van der Waals surface area contributed by atoms with Gasteiger partial charge < -0.3 is 24.8 Å². The summed E-state index contributed by atoms with van der Waals surface area (Å²) in [6, 6.07) is 3.86. The number of aliphatic imine (C=N–C) groups is 1. The van der Waals surface area contributed by atoms with Crippen molar-refractivity contribution in [3.8, 4) is 17.2 Å². The molecule has 2 N–H and O–H groups in total. The van der Waals surface area contributed by atoms with E-state index in [1.54, 1.807) is 28.4 Å². The lowest BCUT2D eigenvalue weighted by atomic mass is 10.2. The van der Waals surface area contributed by atoms with Crippen LogP contribution < -0.4 is 24.8 Å². The number of hydrogen-bond donors (Lipinski definition) is 2. The van der Waals surface area contributed by atoms with Gasteiger partial charge in [0.2, 0.25) is 5.75 Å². The van der Waals surface area contributed by atoms with Gasteiger partial charge in [-0.15, -0.1) is 0 Å². The summed E-state index contributed by atoms with van der Waals surface area (Å²) < 4.78 is 16.1. The molecule has 0 saturated carbocycles. The van der Waals surface area contributed by atoms with Gasteiger partial charge in [-0.1, -0.05) is 19.8 Å². The lowest BCUT2D eigenvalue weighted by molar-refractivity contribution is 0.323. The third-order valence-corrected chi connectivity index (χ3v) is 3.48. The molecule has 1 aromatic rings. The van der Waals surface area contributed by atoms with Gasteiger partial charge in [0.25, 0.3) is 0 Å². The van der Waals surface area contributed by atoms with Crippen molar-refractivity contribution in [2.24, 2.45) is 4.99 Å². The third kappa shape index (κ3) is 5.88. The average Bonchev–Trinajstić information content (AvgIpc) is 2.59. The molecule has 0 atom stereocenters. The number of ether oxygens (including phenoxy) is 3. The molecule has 0 aliphatic heterocycles. The van der Waals surface area contributed by atoms with E-state index in [0.717, 1.165) is 24.5 Å². The molecule has 6 nitrogen and oxygen atoms in total. The van der Waals surface area contributed by atoms with Crippen LogP contribution in [0.5, 0.6) is 17.2 Å². The summed E-state index contributed by atoms with van der Waals surface area (Å²) in [5, 5.41) is 6.60. The predicted octanol–water partition coefficient (Wildman–Crippen LogP) is 2.57. The number of benzene rings is 1. The average molecular weight is 323 g/mol. The minimum atomic E-state index is 0.598. The Morgan fingerprint density at radius 2 is 1.65 bits per heavy atom. The highest BCUT2D eigenvalue weighted by atomic mass is 16.5.